The Morgan fingerprint density at radius 3 is 2.50 bits per heavy atom. The highest BCUT2D eigenvalue weighted by molar-refractivity contribution is 8.00. The Hall–Kier alpha value is -2.22. The number of urea groups is 1. The van der Waals surface area contributed by atoms with Gasteiger partial charge in [0.05, 0.1) is 12.1 Å². The molecule has 3 rings (SSSR count). The number of carbonyl (C=O) groups is 3. The second kappa shape index (κ2) is 8.44. The molecule has 0 radical (unpaired) electrons. The zero-order chi connectivity index (χ0) is 18.5. The Balaban J connectivity index is 1.34. The predicted molar refractivity (Wildman–Crippen MR) is 103 cm³/mol. The third-order valence-corrected chi connectivity index (χ3v) is 6.08. The lowest BCUT2D eigenvalue weighted by Crippen LogP contribution is -2.36. The van der Waals surface area contributed by atoms with Crippen LogP contribution in [0.3, 0.4) is 0 Å². The molecule has 2 heterocycles. The lowest BCUT2D eigenvalue weighted by atomic mass is 10.0. The minimum atomic E-state index is -0.124. The largest absolute Gasteiger partial charge is 0.332 e. The second-order valence-electron chi connectivity index (χ2n) is 6.67. The normalized spacial score (nSPS) is 23.7. The summed E-state index contributed by atoms with van der Waals surface area (Å²) in [5.74, 6) is 0.829. The van der Waals surface area contributed by atoms with E-state index in [1.807, 2.05) is 11.8 Å². The Morgan fingerprint density at radius 1 is 1.12 bits per heavy atom. The molecule has 4 N–H and O–H groups in total. The predicted octanol–water partition coefficient (Wildman–Crippen LogP) is 2.31. The van der Waals surface area contributed by atoms with Crippen molar-refractivity contribution in [3.05, 3.63) is 24.3 Å². The summed E-state index contributed by atoms with van der Waals surface area (Å²) in [6.07, 6.45) is 3.27. The highest BCUT2D eigenvalue weighted by Gasteiger charge is 2.42. The Kier molecular flexibility index (Phi) is 6.03. The van der Waals surface area contributed by atoms with Crippen molar-refractivity contribution in [1.29, 1.82) is 0 Å². The van der Waals surface area contributed by atoms with Gasteiger partial charge in [0, 0.05) is 35.7 Å². The molecule has 26 heavy (non-hydrogen) atoms. The molecule has 0 aliphatic carbocycles. The quantitative estimate of drug-likeness (QED) is 0.433. The van der Waals surface area contributed by atoms with E-state index in [9.17, 15) is 14.4 Å². The molecule has 0 bridgehead atoms. The summed E-state index contributed by atoms with van der Waals surface area (Å²) in [6.45, 7) is 1.46. The molecule has 0 saturated carbocycles. The van der Waals surface area contributed by atoms with E-state index in [1.165, 1.54) is 6.92 Å². The van der Waals surface area contributed by atoms with Crippen LogP contribution >= 0.6 is 11.8 Å². The maximum Gasteiger partial charge on any atom is 0.315 e. The maximum atomic E-state index is 12.0. The molecule has 2 aliphatic rings. The van der Waals surface area contributed by atoms with Crippen LogP contribution in [0, 0.1) is 0 Å². The summed E-state index contributed by atoms with van der Waals surface area (Å²) in [7, 11) is 0. The molecule has 4 amide bonds. The van der Waals surface area contributed by atoms with E-state index in [2.05, 4.69) is 21.3 Å². The Labute approximate surface area is 157 Å². The van der Waals surface area contributed by atoms with Gasteiger partial charge in [0.1, 0.15) is 0 Å². The number of unbranched alkanes of at least 4 members (excludes halogenated alkanes) is 1. The van der Waals surface area contributed by atoms with Gasteiger partial charge in [0.2, 0.25) is 11.8 Å². The zero-order valence-corrected chi connectivity index (χ0v) is 15.5. The second-order valence-corrected chi connectivity index (χ2v) is 7.95. The number of carbonyl (C=O) groups excluding carboxylic acids is 3. The number of rotatable bonds is 7. The molecule has 2 aliphatic heterocycles. The number of hydrogen-bond acceptors (Lipinski definition) is 4. The van der Waals surface area contributed by atoms with E-state index < -0.39 is 0 Å². The van der Waals surface area contributed by atoms with E-state index in [1.54, 1.807) is 24.3 Å². The SMILES string of the molecule is CC(=O)Nc1ccc(NC(=O)CCCCC2SCC3NC(=O)NC32)cc1. The van der Waals surface area contributed by atoms with Crippen LogP contribution in [0.15, 0.2) is 24.3 Å². The third kappa shape index (κ3) is 4.91. The van der Waals surface area contributed by atoms with Gasteiger partial charge in [-0.05, 0) is 37.1 Å². The molecule has 1 aromatic rings. The lowest BCUT2D eigenvalue weighted by Gasteiger charge is -2.16. The van der Waals surface area contributed by atoms with Crippen molar-refractivity contribution in [3.8, 4) is 0 Å². The molecule has 8 heteroatoms. The molecule has 3 unspecified atom stereocenters. The third-order valence-electron chi connectivity index (χ3n) is 4.57. The molecule has 1 aromatic carbocycles. The van der Waals surface area contributed by atoms with Gasteiger partial charge < -0.3 is 21.3 Å². The minimum absolute atomic E-state index is 0.00920. The average Bonchev–Trinajstić information content (AvgIpc) is 3.12. The fraction of sp³-hybridized carbons (Fsp3) is 0.500. The van der Waals surface area contributed by atoms with E-state index in [0.717, 1.165) is 30.7 Å². The highest BCUT2D eigenvalue weighted by atomic mass is 32.2. The summed E-state index contributed by atoms with van der Waals surface area (Å²) in [6, 6.07) is 7.48. The van der Waals surface area contributed by atoms with Crippen LogP contribution in [0.25, 0.3) is 0 Å². The summed E-state index contributed by atoms with van der Waals surface area (Å²) < 4.78 is 0. The molecule has 2 saturated heterocycles. The van der Waals surface area contributed by atoms with Crippen LogP contribution in [0.2, 0.25) is 0 Å². The van der Waals surface area contributed by atoms with Gasteiger partial charge in [-0.3, -0.25) is 9.59 Å². The molecular formula is C18H24N4O3S. The van der Waals surface area contributed by atoms with Crippen molar-refractivity contribution in [2.24, 2.45) is 0 Å². The van der Waals surface area contributed by atoms with Crippen LogP contribution in [0.1, 0.15) is 32.6 Å². The smallest absolute Gasteiger partial charge is 0.315 e. The fourth-order valence-electron chi connectivity index (χ4n) is 3.34. The Morgan fingerprint density at radius 2 is 1.81 bits per heavy atom. The average molecular weight is 376 g/mol. The first kappa shape index (κ1) is 18.6. The van der Waals surface area contributed by atoms with Crippen molar-refractivity contribution in [3.63, 3.8) is 0 Å². The molecule has 3 atom stereocenters. The van der Waals surface area contributed by atoms with Crippen LogP contribution in [0.5, 0.6) is 0 Å². The van der Waals surface area contributed by atoms with Crippen molar-refractivity contribution in [1.82, 2.24) is 10.6 Å². The first-order valence-corrected chi connectivity index (χ1v) is 9.92. The van der Waals surface area contributed by atoms with Gasteiger partial charge in [-0.15, -0.1) is 0 Å². The molecular weight excluding hydrogens is 352 g/mol. The van der Waals surface area contributed by atoms with Gasteiger partial charge >= 0.3 is 6.03 Å². The van der Waals surface area contributed by atoms with Gasteiger partial charge in [-0.25, -0.2) is 4.79 Å². The first-order valence-electron chi connectivity index (χ1n) is 8.87. The monoisotopic (exact) mass is 376 g/mol. The molecule has 2 fully saturated rings. The molecule has 7 nitrogen and oxygen atoms in total. The van der Waals surface area contributed by atoms with Gasteiger partial charge in [0.15, 0.2) is 0 Å². The number of nitrogens with one attached hydrogen (secondary N) is 4. The van der Waals surface area contributed by atoms with E-state index in [-0.39, 0.29) is 29.9 Å². The summed E-state index contributed by atoms with van der Waals surface area (Å²) >= 11 is 1.90. The summed E-state index contributed by atoms with van der Waals surface area (Å²) in [4.78, 5) is 34.4. The molecule has 140 valence electrons. The van der Waals surface area contributed by atoms with Crippen molar-refractivity contribution < 1.29 is 14.4 Å². The summed E-state index contributed by atoms with van der Waals surface area (Å²) in [5, 5.41) is 11.9. The van der Waals surface area contributed by atoms with Crippen molar-refractivity contribution in [2.75, 3.05) is 16.4 Å². The van der Waals surface area contributed by atoms with Gasteiger partial charge in [-0.1, -0.05) is 6.42 Å². The Bertz CT molecular complexity index is 680. The topological polar surface area (TPSA) is 99.3 Å². The van der Waals surface area contributed by atoms with Crippen LogP contribution in [-0.2, 0) is 9.59 Å². The van der Waals surface area contributed by atoms with Crippen LogP contribution in [-0.4, -0.2) is 40.9 Å². The standard InChI is InChI=1S/C18H24N4O3S/c1-11(23)19-12-6-8-13(9-7-12)20-16(24)5-3-2-4-15-17-14(10-26-15)21-18(25)22-17/h6-9,14-15,17H,2-5,10H2,1H3,(H,19,23)(H,20,24)(H2,21,22,25). The number of amides is 4. The van der Waals surface area contributed by atoms with Crippen LogP contribution in [0.4, 0.5) is 16.2 Å². The maximum absolute atomic E-state index is 12.0. The van der Waals surface area contributed by atoms with E-state index in [0.29, 0.717) is 17.4 Å². The number of anilines is 2. The fourth-order valence-corrected chi connectivity index (χ4v) is 4.88. The lowest BCUT2D eigenvalue weighted by molar-refractivity contribution is -0.116. The number of fused-ring (bicyclic) bond motifs is 1. The zero-order valence-electron chi connectivity index (χ0n) is 14.7. The van der Waals surface area contributed by atoms with E-state index >= 15 is 0 Å². The number of hydrogen-bond donors (Lipinski definition) is 4. The van der Waals surface area contributed by atoms with Crippen molar-refractivity contribution in [2.45, 2.75) is 49.9 Å². The van der Waals surface area contributed by atoms with Crippen molar-refractivity contribution >= 4 is 41.0 Å². The van der Waals surface area contributed by atoms with E-state index in [4.69, 9.17) is 0 Å². The minimum Gasteiger partial charge on any atom is -0.332 e. The highest BCUT2D eigenvalue weighted by Crippen LogP contribution is 2.33. The molecule has 0 aromatic heterocycles. The number of thioether (sulfide) groups is 1. The molecule has 0 spiro atoms. The van der Waals surface area contributed by atoms with Gasteiger partial charge in [-0.2, -0.15) is 11.8 Å². The summed E-state index contributed by atoms with van der Waals surface area (Å²) in [5.41, 5.74) is 1.43. The number of benzene rings is 1. The van der Waals surface area contributed by atoms with Gasteiger partial charge in [0.25, 0.3) is 0 Å². The first-order chi connectivity index (χ1) is 12.5. The van der Waals surface area contributed by atoms with Crippen LogP contribution < -0.4 is 21.3 Å².